The van der Waals surface area contributed by atoms with Gasteiger partial charge in [-0.2, -0.15) is 0 Å². The zero-order chi connectivity index (χ0) is 13.0. The Morgan fingerprint density at radius 3 is 2.44 bits per heavy atom. The van der Waals surface area contributed by atoms with E-state index in [-0.39, 0.29) is 0 Å². The number of pyridine rings is 1. The summed E-state index contributed by atoms with van der Waals surface area (Å²) in [5.41, 5.74) is 0.634. The number of anilines is 2. The van der Waals surface area contributed by atoms with Gasteiger partial charge in [0.05, 0.1) is 12.8 Å². The van der Waals surface area contributed by atoms with E-state index in [4.69, 9.17) is 16.3 Å². The molecule has 92 valence electrons. The fraction of sp³-hybridized carbons (Fsp3) is 0.0769. The molecule has 1 aromatic carbocycles. The minimum atomic E-state index is -0.612. The summed E-state index contributed by atoms with van der Waals surface area (Å²) >= 11 is 5.60. The van der Waals surface area contributed by atoms with E-state index in [1.165, 1.54) is 4.90 Å². The van der Waals surface area contributed by atoms with E-state index >= 15 is 0 Å². The average molecular weight is 263 g/mol. The van der Waals surface area contributed by atoms with Crippen molar-refractivity contribution in [3.63, 3.8) is 0 Å². The summed E-state index contributed by atoms with van der Waals surface area (Å²) in [6.45, 7) is 0. The molecule has 2 rings (SSSR count). The lowest BCUT2D eigenvalue weighted by atomic mass is 10.2. The van der Waals surface area contributed by atoms with Gasteiger partial charge >= 0.3 is 5.37 Å². The number of ether oxygens (including phenoxy) is 1. The number of carbonyl (C=O) groups excluding carboxylic acids is 1. The van der Waals surface area contributed by atoms with Crippen molar-refractivity contribution in [3.8, 4) is 5.75 Å². The van der Waals surface area contributed by atoms with E-state index in [2.05, 4.69) is 4.98 Å². The van der Waals surface area contributed by atoms with Gasteiger partial charge in [0.15, 0.2) is 0 Å². The quantitative estimate of drug-likeness (QED) is 0.627. The van der Waals surface area contributed by atoms with Crippen molar-refractivity contribution in [3.05, 3.63) is 48.7 Å². The second-order valence-corrected chi connectivity index (χ2v) is 3.80. The molecule has 0 saturated heterocycles. The van der Waals surface area contributed by atoms with Gasteiger partial charge in [0.1, 0.15) is 11.6 Å². The van der Waals surface area contributed by atoms with Crippen LogP contribution in [0.4, 0.5) is 16.3 Å². The van der Waals surface area contributed by atoms with E-state index in [9.17, 15) is 4.79 Å². The first-order valence-corrected chi connectivity index (χ1v) is 5.65. The average Bonchev–Trinajstić information content (AvgIpc) is 2.40. The largest absolute Gasteiger partial charge is 0.497 e. The Hall–Kier alpha value is -2.07. The highest BCUT2D eigenvalue weighted by atomic mass is 35.5. The Kier molecular flexibility index (Phi) is 3.79. The van der Waals surface area contributed by atoms with Crippen LogP contribution in [0, 0.1) is 0 Å². The maximum absolute atomic E-state index is 11.5. The SMILES string of the molecule is COc1ccc(N(C(=O)Cl)c2ccccn2)cc1. The highest BCUT2D eigenvalue weighted by molar-refractivity contribution is 6.66. The van der Waals surface area contributed by atoms with Gasteiger partial charge < -0.3 is 4.74 Å². The first-order chi connectivity index (χ1) is 8.72. The summed E-state index contributed by atoms with van der Waals surface area (Å²) in [6, 6.07) is 12.3. The smallest absolute Gasteiger partial charge is 0.326 e. The molecule has 1 aromatic heterocycles. The van der Waals surface area contributed by atoms with E-state index in [0.717, 1.165) is 0 Å². The predicted molar refractivity (Wildman–Crippen MR) is 70.6 cm³/mol. The normalized spacial score (nSPS) is 9.89. The molecule has 0 spiro atoms. The lowest BCUT2D eigenvalue weighted by Crippen LogP contribution is -2.20. The summed E-state index contributed by atoms with van der Waals surface area (Å²) < 4.78 is 5.06. The number of aromatic nitrogens is 1. The molecule has 18 heavy (non-hydrogen) atoms. The van der Waals surface area contributed by atoms with Crippen molar-refractivity contribution in [1.82, 2.24) is 4.98 Å². The fourth-order valence-electron chi connectivity index (χ4n) is 1.54. The summed E-state index contributed by atoms with van der Waals surface area (Å²) in [6.07, 6.45) is 1.60. The fourth-order valence-corrected chi connectivity index (χ4v) is 1.73. The summed E-state index contributed by atoms with van der Waals surface area (Å²) in [7, 11) is 1.58. The molecule has 0 aliphatic heterocycles. The van der Waals surface area contributed by atoms with Gasteiger partial charge in [-0.05, 0) is 48.0 Å². The monoisotopic (exact) mass is 262 g/mol. The van der Waals surface area contributed by atoms with Crippen LogP contribution in [0.3, 0.4) is 0 Å². The summed E-state index contributed by atoms with van der Waals surface area (Å²) in [5, 5.41) is -0.612. The topological polar surface area (TPSA) is 42.4 Å². The van der Waals surface area contributed by atoms with Crippen LogP contribution in [0.25, 0.3) is 0 Å². The van der Waals surface area contributed by atoms with Crippen LogP contribution in [0.5, 0.6) is 5.75 Å². The molecule has 0 saturated carbocycles. The third kappa shape index (κ3) is 2.60. The molecular formula is C13H11ClN2O2. The maximum Gasteiger partial charge on any atom is 0.326 e. The Labute approximate surface area is 110 Å². The van der Waals surface area contributed by atoms with Crippen molar-refractivity contribution in [2.24, 2.45) is 0 Å². The van der Waals surface area contributed by atoms with Crippen LogP contribution < -0.4 is 9.64 Å². The molecule has 0 aliphatic rings. The molecule has 1 heterocycles. The zero-order valence-corrected chi connectivity index (χ0v) is 10.5. The number of hydrogen-bond donors (Lipinski definition) is 0. The third-order valence-corrected chi connectivity index (χ3v) is 2.55. The minimum absolute atomic E-state index is 0.475. The second kappa shape index (κ2) is 5.51. The van der Waals surface area contributed by atoms with Crippen LogP contribution >= 0.6 is 11.6 Å². The van der Waals surface area contributed by atoms with Crippen molar-refractivity contribution < 1.29 is 9.53 Å². The third-order valence-electron chi connectivity index (χ3n) is 2.38. The Balaban J connectivity index is 2.39. The van der Waals surface area contributed by atoms with Crippen LogP contribution in [0.1, 0.15) is 0 Å². The number of methoxy groups -OCH3 is 1. The van der Waals surface area contributed by atoms with Gasteiger partial charge in [0.2, 0.25) is 0 Å². The van der Waals surface area contributed by atoms with Crippen molar-refractivity contribution in [2.75, 3.05) is 12.0 Å². The second-order valence-electron chi connectivity index (χ2n) is 3.47. The Bertz CT molecular complexity index is 528. The standard InChI is InChI=1S/C13H11ClN2O2/c1-18-11-7-5-10(6-8-11)16(13(14)17)12-4-2-3-9-15-12/h2-9H,1H3. The number of benzene rings is 1. The van der Waals surface area contributed by atoms with E-state index in [1.807, 2.05) is 0 Å². The molecule has 0 radical (unpaired) electrons. The minimum Gasteiger partial charge on any atom is -0.497 e. The first-order valence-electron chi connectivity index (χ1n) is 5.27. The van der Waals surface area contributed by atoms with Gasteiger partial charge in [-0.25, -0.2) is 4.98 Å². The number of nitrogens with zero attached hydrogens (tertiary/aromatic N) is 2. The molecule has 0 bridgehead atoms. The number of rotatable bonds is 3. The highest BCUT2D eigenvalue weighted by Crippen LogP contribution is 2.26. The zero-order valence-electron chi connectivity index (χ0n) is 9.71. The Morgan fingerprint density at radius 1 is 1.22 bits per heavy atom. The van der Waals surface area contributed by atoms with Crippen LogP contribution in [0.2, 0.25) is 0 Å². The van der Waals surface area contributed by atoms with Crippen LogP contribution in [-0.4, -0.2) is 17.5 Å². The van der Waals surface area contributed by atoms with Gasteiger partial charge in [0.25, 0.3) is 0 Å². The number of halogens is 1. The molecule has 0 atom stereocenters. The molecule has 0 unspecified atom stereocenters. The van der Waals surface area contributed by atoms with Gasteiger partial charge in [-0.15, -0.1) is 0 Å². The highest BCUT2D eigenvalue weighted by Gasteiger charge is 2.16. The molecule has 4 nitrogen and oxygen atoms in total. The molecule has 0 aliphatic carbocycles. The first kappa shape index (κ1) is 12.4. The number of carbonyl (C=O) groups is 1. The molecule has 0 fully saturated rings. The molecule has 0 N–H and O–H groups in total. The van der Waals surface area contributed by atoms with E-state index < -0.39 is 5.37 Å². The molecule has 2 aromatic rings. The van der Waals surface area contributed by atoms with Crippen molar-refractivity contribution in [1.29, 1.82) is 0 Å². The van der Waals surface area contributed by atoms with Crippen molar-refractivity contribution in [2.45, 2.75) is 0 Å². The molecule has 1 amide bonds. The number of hydrogen-bond acceptors (Lipinski definition) is 3. The van der Waals surface area contributed by atoms with Gasteiger partial charge in [0, 0.05) is 6.20 Å². The maximum atomic E-state index is 11.5. The van der Waals surface area contributed by atoms with Gasteiger partial charge in [-0.1, -0.05) is 6.07 Å². The van der Waals surface area contributed by atoms with E-state index in [1.54, 1.807) is 55.8 Å². The molecule has 5 heteroatoms. The van der Waals surface area contributed by atoms with E-state index in [0.29, 0.717) is 17.3 Å². The summed E-state index contributed by atoms with van der Waals surface area (Å²) in [4.78, 5) is 16.9. The van der Waals surface area contributed by atoms with Gasteiger partial charge in [-0.3, -0.25) is 9.69 Å². The predicted octanol–water partition coefficient (Wildman–Crippen LogP) is 3.59. The van der Waals surface area contributed by atoms with Crippen molar-refractivity contribution >= 4 is 28.5 Å². The summed E-state index contributed by atoms with van der Waals surface area (Å²) in [5.74, 6) is 1.18. The molecular weight excluding hydrogens is 252 g/mol. The number of amides is 1. The Morgan fingerprint density at radius 2 is 1.94 bits per heavy atom. The lowest BCUT2D eigenvalue weighted by Gasteiger charge is -2.18. The van der Waals surface area contributed by atoms with Crippen LogP contribution in [-0.2, 0) is 0 Å². The lowest BCUT2D eigenvalue weighted by molar-refractivity contribution is 0.266. The van der Waals surface area contributed by atoms with Crippen LogP contribution in [0.15, 0.2) is 48.7 Å².